The highest BCUT2D eigenvalue weighted by atomic mass is 35.5. The van der Waals surface area contributed by atoms with E-state index in [1.165, 1.54) is 0 Å². The molecule has 0 saturated carbocycles. The summed E-state index contributed by atoms with van der Waals surface area (Å²) >= 11 is 5.88. The van der Waals surface area contributed by atoms with E-state index in [0.717, 1.165) is 5.56 Å². The molecule has 1 aromatic carbocycles. The third-order valence-corrected chi connectivity index (χ3v) is 4.67. The zero-order valence-corrected chi connectivity index (χ0v) is 12.1. The van der Waals surface area contributed by atoms with E-state index in [1.54, 1.807) is 25.1 Å². The number of ketones is 1. The van der Waals surface area contributed by atoms with Crippen molar-refractivity contribution in [3.63, 3.8) is 0 Å². The quantitative estimate of drug-likeness (QED) is 0.756. The van der Waals surface area contributed by atoms with Crippen molar-refractivity contribution in [2.75, 3.05) is 11.5 Å². The first kappa shape index (κ1) is 15.2. The lowest BCUT2D eigenvalue weighted by Gasteiger charge is -2.04. The Morgan fingerprint density at radius 2 is 1.94 bits per heavy atom. The molecular formula is C13H17ClO3S. The van der Waals surface area contributed by atoms with Crippen LogP contribution in [-0.4, -0.2) is 25.7 Å². The fourth-order valence-corrected chi connectivity index (χ4v) is 2.80. The number of rotatable bonds is 6. The standard InChI is InChI=1S/C13H17ClO3S/c1-3-18(16,17)6-4-5-13(15)11-7-10(2)8-12(14)9-11/h7-9H,3-6H2,1-2H3. The second kappa shape index (κ2) is 6.34. The summed E-state index contributed by atoms with van der Waals surface area (Å²) in [6, 6.07) is 5.16. The normalized spacial score (nSPS) is 11.5. The van der Waals surface area contributed by atoms with Gasteiger partial charge in [0.25, 0.3) is 0 Å². The predicted molar refractivity (Wildman–Crippen MR) is 74.1 cm³/mol. The maximum absolute atomic E-state index is 11.9. The molecule has 18 heavy (non-hydrogen) atoms. The SMILES string of the molecule is CCS(=O)(=O)CCCC(=O)c1cc(C)cc(Cl)c1. The summed E-state index contributed by atoms with van der Waals surface area (Å²) in [4.78, 5) is 11.9. The number of hydrogen-bond acceptors (Lipinski definition) is 3. The summed E-state index contributed by atoms with van der Waals surface area (Å²) in [5.74, 6) is 0.124. The van der Waals surface area contributed by atoms with Crippen LogP contribution in [0.3, 0.4) is 0 Å². The molecule has 1 aromatic rings. The average Bonchev–Trinajstić information content (AvgIpc) is 2.27. The van der Waals surface area contributed by atoms with Crippen molar-refractivity contribution < 1.29 is 13.2 Å². The highest BCUT2D eigenvalue weighted by Crippen LogP contribution is 2.16. The van der Waals surface area contributed by atoms with E-state index in [1.807, 2.05) is 6.92 Å². The van der Waals surface area contributed by atoms with Gasteiger partial charge in [-0.05, 0) is 37.1 Å². The number of hydrogen-bond donors (Lipinski definition) is 0. The molecule has 0 bridgehead atoms. The molecule has 0 unspecified atom stereocenters. The van der Waals surface area contributed by atoms with E-state index < -0.39 is 9.84 Å². The minimum atomic E-state index is -2.99. The Bertz CT molecular complexity index is 515. The molecule has 0 radical (unpaired) electrons. The van der Waals surface area contributed by atoms with E-state index in [-0.39, 0.29) is 23.7 Å². The van der Waals surface area contributed by atoms with Crippen LogP contribution in [0.25, 0.3) is 0 Å². The van der Waals surface area contributed by atoms with Crippen molar-refractivity contribution in [1.29, 1.82) is 0 Å². The van der Waals surface area contributed by atoms with Crippen LogP contribution >= 0.6 is 11.6 Å². The minimum Gasteiger partial charge on any atom is -0.294 e. The lowest BCUT2D eigenvalue weighted by atomic mass is 10.0. The largest absolute Gasteiger partial charge is 0.294 e. The van der Waals surface area contributed by atoms with Crippen LogP contribution in [0.15, 0.2) is 18.2 Å². The van der Waals surface area contributed by atoms with E-state index in [9.17, 15) is 13.2 Å². The van der Waals surface area contributed by atoms with Gasteiger partial charge in [0.2, 0.25) is 0 Å². The van der Waals surface area contributed by atoms with Crippen LogP contribution < -0.4 is 0 Å². The first-order valence-electron chi connectivity index (χ1n) is 5.85. The fourth-order valence-electron chi connectivity index (χ4n) is 1.64. The smallest absolute Gasteiger partial charge is 0.162 e. The maximum Gasteiger partial charge on any atom is 0.162 e. The van der Waals surface area contributed by atoms with Gasteiger partial charge in [0.05, 0.1) is 5.75 Å². The Morgan fingerprint density at radius 1 is 1.28 bits per heavy atom. The Labute approximate surface area is 113 Å². The molecule has 0 saturated heterocycles. The number of aryl methyl sites for hydroxylation is 1. The van der Waals surface area contributed by atoms with Crippen LogP contribution in [0.4, 0.5) is 0 Å². The second-order valence-electron chi connectivity index (χ2n) is 4.28. The second-order valence-corrected chi connectivity index (χ2v) is 7.19. The van der Waals surface area contributed by atoms with Gasteiger partial charge in [-0.3, -0.25) is 4.79 Å². The van der Waals surface area contributed by atoms with Gasteiger partial charge in [-0.25, -0.2) is 8.42 Å². The van der Waals surface area contributed by atoms with Crippen molar-refractivity contribution in [1.82, 2.24) is 0 Å². The summed E-state index contributed by atoms with van der Waals surface area (Å²) in [6.07, 6.45) is 0.597. The number of sulfone groups is 1. The summed E-state index contributed by atoms with van der Waals surface area (Å²) in [6.45, 7) is 3.47. The summed E-state index contributed by atoms with van der Waals surface area (Å²) in [5, 5.41) is 0.527. The Hall–Kier alpha value is -0.870. The van der Waals surface area contributed by atoms with Gasteiger partial charge in [-0.2, -0.15) is 0 Å². The molecule has 0 heterocycles. The fraction of sp³-hybridized carbons (Fsp3) is 0.462. The highest BCUT2D eigenvalue weighted by molar-refractivity contribution is 7.91. The van der Waals surface area contributed by atoms with E-state index in [2.05, 4.69) is 0 Å². The third-order valence-electron chi connectivity index (χ3n) is 2.66. The minimum absolute atomic E-state index is 0.0631. The summed E-state index contributed by atoms with van der Waals surface area (Å²) in [5.41, 5.74) is 1.47. The average molecular weight is 289 g/mol. The number of Topliss-reactive ketones (excluding diaryl/α,β-unsaturated/α-hetero) is 1. The predicted octanol–water partition coefficient (Wildman–Crippen LogP) is 3.05. The van der Waals surface area contributed by atoms with Crippen LogP contribution in [-0.2, 0) is 9.84 Å². The molecule has 0 amide bonds. The monoisotopic (exact) mass is 288 g/mol. The van der Waals surface area contributed by atoms with Gasteiger partial charge in [0, 0.05) is 22.8 Å². The molecule has 0 N–H and O–H groups in total. The topological polar surface area (TPSA) is 51.2 Å². The number of carbonyl (C=O) groups excluding carboxylic acids is 1. The van der Waals surface area contributed by atoms with Gasteiger partial charge in [0.1, 0.15) is 9.84 Å². The highest BCUT2D eigenvalue weighted by Gasteiger charge is 2.11. The molecular weight excluding hydrogens is 272 g/mol. The Balaban J connectivity index is 2.61. The maximum atomic E-state index is 11.9. The Kier molecular flexibility index (Phi) is 5.35. The molecule has 0 aliphatic heterocycles. The van der Waals surface area contributed by atoms with Crippen LogP contribution in [0, 0.1) is 6.92 Å². The molecule has 0 fully saturated rings. The molecule has 0 spiro atoms. The van der Waals surface area contributed by atoms with Crippen molar-refractivity contribution in [3.05, 3.63) is 34.3 Å². The summed E-state index contributed by atoms with van der Waals surface area (Å²) in [7, 11) is -2.99. The molecule has 100 valence electrons. The molecule has 0 aliphatic carbocycles. The molecule has 1 rings (SSSR count). The molecule has 0 aliphatic rings. The molecule has 0 aromatic heterocycles. The van der Waals surface area contributed by atoms with Crippen molar-refractivity contribution in [2.24, 2.45) is 0 Å². The van der Waals surface area contributed by atoms with Gasteiger partial charge in [-0.1, -0.05) is 18.5 Å². The van der Waals surface area contributed by atoms with Crippen LogP contribution in [0.1, 0.15) is 35.7 Å². The third kappa shape index (κ3) is 4.78. The van der Waals surface area contributed by atoms with E-state index in [0.29, 0.717) is 17.0 Å². The van der Waals surface area contributed by atoms with Crippen LogP contribution in [0.5, 0.6) is 0 Å². The van der Waals surface area contributed by atoms with Crippen molar-refractivity contribution in [2.45, 2.75) is 26.7 Å². The number of benzene rings is 1. The zero-order valence-electron chi connectivity index (χ0n) is 10.6. The molecule has 0 atom stereocenters. The van der Waals surface area contributed by atoms with Gasteiger partial charge >= 0.3 is 0 Å². The Morgan fingerprint density at radius 3 is 2.50 bits per heavy atom. The van der Waals surface area contributed by atoms with E-state index in [4.69, 9.17) is 11.6 Å². The van der Waals surface area contributed by atoms with Crippen LogP contribution in [0.2, 0.25) is 5.02 Å². The summed E-state index contributed by atoms with van der Waals surface area (Å²) < 4.78 is 22.6. The van der Waals surface area contributed by atoms with Gasteiger partial charge < -0.3 is 0 Å². The number of carbonyl (C=O) groups is 1. The van der Waals surface area contributed by atoms with Gasteiger partial charge in [0.15, 0.2) is 5.78 Å². The van der Waals surface area contributed by atoms with E-state index >= 15 is 0 Å². The first-order valence-corrected chi connectivity index (χ1v) is 8.05. The lowest BCUT2D eigenvalue weighted by molar-refractivity contribution is 0.0982. The molecule has 5 heteroatoms. The van der Waals surface area contributed by atoms with Crippen molar-refractivity contribution >= 4 is 27.2 Å². The number of halogens is 1. The lowest BCUT2D eigenvalue weighted by Crippen LogP contribution is -2.10. The van der Waals surface area contributed by atoms with Gasteiger partial charge in [-0.15, -0.1) is 0 Å². The zero-order chi connectivity index (χ0) is 13.8. The molecule has 3 nitrogen and oxygen atoms in total. The first-order chi connectivity index (χ1) is 8.34. The van der Waals surface area contributed by atoms with Crippen molar-refractivity contribution in [3.8, 4) is 0 Å².